The Bertz CT molecular complexity index is 618. The molecule has 7 nitrogen and oxygen atoms in total. The molecule has 0 aromatic carbocycles. The number of aliphatic imine (C=N–C) groups is 1. The Labute approximate surface area is 157 Å². The normalized spacial score (nSPS) is 23.8. The standard InChI is InChI=1S/C19H34N6O/c1-5-20-18(22-13-16-24-23-15-9-6-10-25(15)16)21-12-14-8-7-11-26-17(14)19(2,3)4/h14,17H,5-13H2,1-4H3,(H2,20,21,22). The third-order valence-corrected chi connectivity index (χ3v) is 5.24. The highest BCUT2D eigenvalue weighted by molar-refractivity contribution is 5.79. The van der Waals surface area contributed by atoms with Crippen LogP contribution in [0.4, 0.5) is 0 Å². The second kappa shape index (κ2) is 8.37. The largest absolute Gasteiger partial charge is 0.377 e. The highest BCUT2D eigenvalue weighted by atomic mass is 16.5. The number of hydrogen-bond acceptors (Lipinski definition) is 4. The van der Waals surface area contributed by atoms with Gasteiger partial charge in [0.25, 0.3) is 0 Å². The van der Waals surface area contributed by atoms with E-state index in [-0.39, 0.29) is 11.5 Å². The summed E-state index contributed by atoms with van der Waals surface area (Å²) in [5.41, 5.74) is 0.157. The topological polar surface area (TPSA) is 76.4 Å². The van der Waals surface area contributed by atoms with E-state index in [0.29, 0.717) is 12.5 Å². The molecule has 0 radical (unpaired) electrons. The van der Waals surface area contributed by atoms with Gasteiger partial charge in [0, 0.05) is 38.6 Å². The Kier molecular flexibility index (Phi) is 6.16. The van der Waals surface area contributed by atoms with Crippen molar-refractivity contribution in [3.8, 4) is 0 Å². The second-order valence-corrected chi connectivity index (χ2v) is 8.42. The van der Waals surface area contributed by atoms with Crippen LogP contribution in [0.25, 0.3) is 0 Å². The molecule has 2 unspecified atom stereocenters. The average Bonchev–Trinajstić information content (AvgIpc) is 3.21. The molecule has 26 heavy (non-hydrogen) atoms. The van der Waals surface area contributed by atoms with Gasteiger partial charge < -0.3 is 19.9 Å². The van der Waals surface area contributed by atoms with Gasteiger partial charge in [-0.05, 0) is 31.6 Å². The fourth-order valence-corrected chi connectivity index (χ4v) is 4.06. The number of aromatic nitrogens is 3. The van der Waals surface area contributed by atoms with Gasteiger partial charge in [-0.15, -0.1) is 10.2 Å². The van der Waals surface area contributed by atoms with Gasteiger partial charge in [0.05, 0.1) is 6.10 Å². The van der Waals surface area contributed by atoms with Gasteiger partial charge in [-0.1, -0.05) is 20.8 Å². The molecule has 146 valence electrons. The summed E-state index contributed by atoms with van der Waals surface area (Å²) in [5.74, 6) is 3.41. The van der Waals surface area contributed by atoms with Crippen molar-refractivity contribution in [2.45, 2.75) is 72.6 Å². The van der Waals surface area contributed by atoms with Gasteiger partial charge in [-0.2, -0.15) is 0 Å². The zero-order chi connectivity index (χ0) is 18.6. The molecule has 0 bridgehead atoms. The van der Waals surface area contributed by atoms with Crippen LogP contribution in [0.5, 0.6) is 0 Å². The number of ether oxygens (including phenoxy) is 1. The molecule has 1 aromatic heterocycles. The van der Waals surface area contributed by atoms with E-state index in [0.717, 1.165) is 63.1 Å². The van der Waals surface area contributed by atoms with Gasteiger partial charge in [0.15, 0.2) is 11.8 Å². The first-order valence-electron chi connectivity index (χ1n) is 10.0. The van der Waals surface area contributed by atoms with E-state index in [1.54, 1.807) is 0 Å². The Morgan fingerprint density at radius 3 is 2.88 bits per heavy atom. The van der Waals surface area contributed by atoms with Crippen LogP contribution in [-0.4, -0.2) is 46.5 Å². The number of aryl methyl sites for hydroxylation is 1. The summed E-state index contributed by atoms with van der Waals surface area (Å²) in [6, 6.07) is 0. The van der Waals surface area contributed by atoms with Crippen molar-refractivity contribution < 1.29 is 4.74 Å². The van der Waals surface area contributed by atoms with E-state index in [2.05, 4.69) is 53.1 Å². The molecular formula is C19H34N6O. The molecule has 2 atom stereocenters. The molecule has 3 rings (SSSR count). The van der Waals surface area contributed by atoms with Crippen LogP contribution in [-0.2, 0) is 24.2 Å². The van der Waals surface area contributed by atoms with Crippen LogP contribution in [0.2, 0.25) is 0 Å². The summed E-state index contributed by atoms with van der Waals surface area (Å²) >= 11 is 0. The predicted molar refractivity (Wildman–Crippen MR) is 103 cm³/mol. The van der Waals surface area contributed by atoms with Crippen LogP contribution in [0, 0.1) is 11.3 Å². The fraction of sp³-hybridized carbons (Fsp3) is 0.842. The SMILES string of the molecule is CCNC(=NCc1nnc2n1CCC2)NCC1CCCOC1C(C)(C)C. The Balaban J connectivity index is 1.60. The highest BCUT2D eigenvalue weighted by Gasteiger charge is 2.35. The van der Waals surface area contributed by atoms with Crippen LogP contribution >= 0.6 is 0 Å². The van der Waals surface area contributed by atoms with Gasteiger partial charge in [0.2, 0.25) is 0 Å². The molecular weight excluding hydrogens is 328 g/mol. The van der Waals surface area contributed by atoms with Gasteiger partial charge in [0.1, 0.15) is 12.4 Å². The lowest BCUT2D eigenvalue weighted by Gasteiger charge is -2.40. The Hall–Kier alpha value is -1.63. The molecule has 0 spiro atoms. The Morgan fingerprint density at radius 2 is 2.12 bits per heavy atom. The van der Waals surface area contributed by atoms with Crippen molar-refractivity contribution in [1.82, 2.24) is 25.4 Å². The minimum Gasteiger partial charge on any atom is -0.377 e. The molecule has 2 aliphatic rings. The molecule has 1 fully saturated rings. The van der Waals surface area contributed by atoms with E-state index >= 15 is 0 Å². The van der Waals surface area contributed by atoms with E-state index in [4.69, 9.17) is 9.73 Å². The van der Waals surface area contributed by atoms with Crippen LogP contribution in [0.15, 0.2) is 4.99 Å². The van der Waals surface area contributed by atoms with Crippen molar-refractivity contribution in [2.24, 2.45) is 16.3 Å². The fourth-order valence-electron chi connectivity index (χ4n) is 4.06. The number of fused-ring (bicyclic) bond motifs is 1. The molecule has 1 aromatic rings. The lowest BCUT2D eigenvalue weighted by Crippen LogP contribution is -2.47. The summed E-state index contributed by atoms with van der Waals surface area (Å²) in [4.78, 5) is 4.74. The van der Waals surface area contributed by atoms with Crippen LogP contribution < -0.4 is 10.6 Å². The molecule has 2 N–H and O–H groups in total. The number of rotatable bonds is 5. The Morgan fingerprint density at radius 1 is 1.27 bits per heavy atom. The third kappa shape index (κ3) is 4.55. The van der Waals surface area contributed by atoms with E-state index < -0.39 is 0 Å². The maximum absolute atomic E-state index is 6.09. The molecule has 1 saturated heterocycles. The molecule has 2 aliphatic heterocycles. The smallest absolute Gasteiger partial charge is 0.191 e. The molecule has 3 heterocycles. The average molecular weight is 363 g/mol. The van der Waals surface area contributed by atoms with Crippen molar-refractivity contribution in [3.63, 3.8) is 0 Å². The zero-order valence-corrected chi connectivity index (χ0v) is 16.7. The minimum absolute atomic E-state index is 0.157. The molecule has 0 aliphatic carbocycles. The van der Waals surface area contributed by atoms with Crippen molar-refractivity contribution in [1.29, 1.82) is 0 Å². The monoisotopic (exact) mass is 362 g/mol. The van der Waals surface area contributed by atoms with E-state index in [1.165, 1.54) is 6.42 Å². The summed E-state index contributed by atoms with van der Waals surface area (Å²) in [6.07, 6.45) is 4.82. The van der Waals surface area contributed by atoms with E-state index in [9.17, 15) is 0 Å². The maximum atomic E-state index is 6.09. The number of nitrogens with one attached hydrogen (secondary N) is 2. The lowest BCUT2D eigenvalue weighted by atomic mass is 9.78. The lowest BCUT2D eigenvalue weighted by molar-refractivity contribution is -0.0835. The quantitative estimate of drug-likeness (QED) is 0.620. The van der Waals surface area contributed by atoms with Crippen molar-refractivity contribution in [2.75, 3.05) is 19.7 Å². The summed E-state index contributed by atoms with van der Waals surface area (Å²) < 4.78 is 8.30. The van der Waals surface area contributed by atoms with Crippen LogP contribution in [0.3, 0.4) is 0 Å². The van der Waals surface area contributed by atoms with Crippen molar-refractivity contribution >= 4 is 5.96 Å². The first kappa shape index (κ1) is 19.1. The van der Waals surface area contributed by atoms with E-state index in [1.807, 2.05) is 0 Å². The number of guanidine groups is 1. The van der Waals surface area contributed by atoms with Gasteiger partial charge >= 0.3 is 0 Å². The molecule has 0 saturated carbocycles. The predicted octanol–water partition coefficient (Wildman–Crippen LogP) is 2.12. The summed E-state index contributed by atoms with van der Waals surface area (Å²) in [5, 5.41) is 15.4. The van der Waals surface area contributed by atoms with Gasteiger partial charge in [-0.3, -0.25) is 0 Å². The summed E-state index contributed by atoms with van der Waals surface area (Å²) in [7, 11) is 0. The zero-order valence-electron chi connectivity index (χ0n) is 16.7. The van der Waals surface area contributed by atoms with Gasteiger partial charge in [-0.25, -0.2) is 4.99 Å². The maximum Gasteiger partial charge on any atom is 0.191 e. The molecule has 0 amide bonds. The summed E-state index contributed by atoms with van der Waals surface area (Å²) in [6.45, 7) is 13.1. The third-order valence-electron chi connectivity index (χ3n) is 5.24. The highest BCUT2D eigenvalue weighted by Crippen LogP contribution is 2.33. The second-order valence-electron chi connectivity index (χ2n) is 8.42. The van der Waals surface area contributed by atoms with Crippen molar-refractivity contribution in [3.05, 3.63) is 11.6 Å². The van der Waals surface area contributed by atoms with Crippen LogP contribution in [0.1, 0.15) is 58.6 Å². The number of nitrogens with zero attached hydrogens (tertiary/aromatic N) is 4. The number of hydrogen-bond donors (Lipinski definition) is 2. The minimum atomic E-state index is 0.157. The molecule has 7 heteroatoms. The first-order valence-corrected chi connectivity index (χ1v) is 10.0. The first-order chi connectivity index (χ1) is 12.5.